The summed E-state index contributed by atoms with van der Waals surface area (Å²) in [6.07, 6.45) is 3.01. The Morgan fingerprint density at radius 2 is 1.90 bits per heavy atom. The number of rotatable bonds is 5. The third-order valence-corrected chi connectivity index (χ3v) is 7.72. The van der Waals surface area contributed by atoms with Crippen LogP contribution in [0.25, 0.3) is 0 Å². The van der Waals surface area contributed by atoms with Crippen molar-refractivity contribution in [3.63, 3.8) is 0 Å². The molecular weight excluding hydrogens is 392 g/mol. The van der Waals surface area contributed by atoms with Crippen molar-refractivity contribution in [3.8, 4) is 0 Å². The number of amides is 1. The largest absolute Gasteiger partial charge is 0.452 e. The Labute approximate surface area is 173 Å². The van der Waals surface area contributed by atoms with Gasteiger partial charge in [0.1, 0.15) is 0 Å². The lowest BCUT2D eigenvalue weighted by Gasteiger charge is -2.39. The van der Waals surface area contributed by atoms with Crippen molar-refractivity contribution in [2.45, 2.75) is 51.0 Å². The van der Waals surface area contributed by atoms with Gasteiger partial charge in [-0.3, -0.25) is 4.79 Å². The van der Waals surface area contributed by atoms with Crippen LogP contribution in [0.3, 0.4) is 0 Å². The van der Waals surface area contributed by atoms with E-state index in [0.29, 0.717) is 6.54 Å². The fourth-order valence-electron chi connectivity index (χ4n) is 5.04. The van der Waals surface area contributed by atoms with E-state index < -0.39 is 16.0 Å². The first-order valence-electron chi connectivity index (χ1n) is 9.82. The Morgan fingerprint density at radius 1 is 1.21 bits per heavy atom. The van der Waals surface area contributed by atoms with Crippen molar-refractivity contribution in [3.05, 3.63) is 29.8 Å². The molecule has 2 bridgehead atoms. The fraction of sp³-hybridized carbons (Fsp3) is 0.619. The van der Waals surface area contributed by atoms with Crippen LogP contribution in [0.4, 0.5) is 0 Å². The van der Waals surface area contributed by atoms with E-state index in [1.807, 2.05) is 4.90 Å². The molecule has 1 saturated heterocycles. The number of hydrogen-bond donors (Lipinski definition) is 0. The molecule has 1 heterocycles. The molecule has 2 aliphatic rings. The Morgan fingerprint density at radius 3 is 2.55 bits per heavy atom. The molecule has 7 nitrogen and oxygen atoms in total. The van der Waals surface area contributed by atoms with E-state index in [1.54, 1.807) is 0 Å². The third kappa shape index (κ3) is 4.48. The van der Waals surface area contributed by atoms with E-state index in [0.717, 1.165) is 23.6 Å². The molecule has 2 fully saturated rings. The van der Waals surface area contributed by atoms with Crippen molar-refractivity contribution in [2.75, 3.05) is 27.2 Å². The highest BCUT2D eigenvalue weighted by molar-refractivity contribution is 7.89. The molecule has 0 spiro atoms. The topological polar surface area (TPSA) is 84.0 Å². The number of carbonyl (C=O) groups is 2. The predicted octanol–water partition coefficient (Wildman–Crippen LogP) is 2.52. The molecule has 1 aromatic rings. The van der Waals surface area contributed by atoms with E-state index in [2.05, 4.69) is 20.8 Å². The van der Waals surface area contributed by atoms with Gasteiger partial charge in [-0.1, -0.05) is 26.8 Å². The second-order valence-electron chi connectivity index (χ2n) is 9.63. The molecule has 0 unspecified atom stereocenters. The average molecular weight is 423 g/mol. The maximum atomic E-state index is 12.7. The number of ether oxygens (including phenoxy) is 1. The van der Waals surface area contributed by atoms with Gasteiger partial charge >= 0.3 is 5.97 Å². The zero-order valence-electron chi connectivity index (χ0n) is 17.8. The minimum atomic E-state index is -3.65. The van der Waals surface area contributed by atoms with Crippen molar-refractivity contribution in [1.29, 1.82) is 0 Å². The van der Waals surface area contributed by atoms with Crippen LogP contribution >= 0.6 is 0 Å². The van der Waals surface area contributed by atoms with Gasteiger partial charge < -0.3 is 9.64 Å². The van der Waals surface area contributed by atoms with Gasteiger partial charge in [-0.15, -0.1) is 0 Å². The summed E-state index contributed by atoms with van der Waals surface area (Å²) >= 11 is 0. The SMILES string of the molecule is CN(C)S(=O)(=O)c1cccc(C(=O)OCC(=O)N2C[C@]3(C)C[C@H]2CC(C)(C)C3)c1. The number of fused-ring (bicyclic) bond motifs is 2. The lowest BCUT2D eigenvalue weighted by Crippen LogP contribution is -2.39. The third-order valence-electron chi connectivity index (χ3n) is 5.91. The van der Waals surface area contributed by atoms with Crippen LogP contribution in [0.1, 0.15) is 50.4 Å². The lowest BCUT2D eigenvalue weighted by atomic mass is 9.65. The first-order chi connectivity index (χ1) is 13.3. The highest BCUT2D eigenvalue weighted by atomic mass is 32.2. The van der Waals surface area contributed by atoms with E-state index >= 15 is 0 Å². The van der Waals surface area contributed by atoms with E-state index in [1.165, 1.54) is 38.4 Å². The van der Waals surface area contributed by atoms with E-state index in [-0.39, 0.29) is 39.8 Å². The number of carbonyl (C=O) groups excluding carboxylic acids is 2. The number of nitrogens with zero attached hydrogens (tertiary/aromatic N) is 2. The van der Waals surface area contributed by atoms with Gasteiger partial charge in [0.25, 0.3) is 5.91 Å². The van der Waals surface area contributed by atoms with Gasteiger partial charge in [0.15, 0.2) is 6.61 Å². The van der Waals surface area contributed by atoms with Crippen molar-refractivity contribution >= 4 is 21.9 Å². The maximum Gasteiger partial charge on any atom is 0.338 e. The minimum Gasteiger partial charge on any atom is -0.452 e. The summed E-state index contributed by atoms with van der Waals surface area (Å²) in [6, 6.07) is 5.84. The molecule has 3 rings (SSSR count). The molecule has 1 saturated carbocycles. The summed E-state index contributed by atoms with van der Waals surface area (Å²) in [5.41, 5.74) is 0.414. The number of likely N-dealkylation sites (tertiary alicyclic amines) is 1. The van der Waals surface area contributed by atoms with Crippen LogP contribution in [0.2, 0.25) is 0 Å². The molecule has 160 valence electrons. The summed E-state index contributed by atoms with van der Waals surface area (Å²) in [6.45, 7) is 7.04. The minimum absolute atomic E-state index is 0.00627. The fourth-order valence-corrected chi connectivity index (χ4v) is 5.99. The van der Waals surface area contributed by atoms with Crippen molar-refractivity contribution in [2.24, 2.45) is 10.8 Å². The molecule has 1 aliphatic carbocycles. The summed E-state index contributed by atoms with van der Waals surface area (Å²) in [7, 11) is -0.807. The van der Waals surface area contributed by atoms with Gasteiger partial charge in [0, 0.05) is 26.7 Å². The molecule has 0 aromatic heterocycles. The number of hydrogen-bond acceptors (Lipinski definition) is 5. The smallest absolute Gasteiger partial charge is 0.338 e. The van der Waals surface area contributed by atoms with Crippen molar-refractivity contribution in [1.82, 2.24) is 9.21 Å². The molecular formula is C21H30N2O5S. The molecule has 0 radical (unpaired) electrons. The normalized spacial score (nSPS) is 25.9. The first kappa shape index (κ1) is 21.8. The molecule has 0 N–H and O–H groups in total. The Hall–Kier alpha value is -1.93. The van der Waals surface area contributed by atoms with Crippen LogP contribution in [0.15, 0.2) is 29.2 Å². The molecule has 1 aromatic carbocycles. The summed E-state index contributed by atoms with van der Waals surface area (Å²) < 4.78 is 30.8. The van der Waals surface area contributed by atoms with Gasteiger partial charge in [-0.25, -0.2) is 17.5 Å². The second-order valence-corrected chi connectivity index (χ2v) is 11.8. The van der Waals surface area contributed by atoms with Crippen LogP contribution in [-0.4, -0.2) is 62.8 Å². The molecule has 1 aliphatic heterocycles. The molecule has 2 atom stereocenters. The summed E-state index contributed by atoms with van der Waals surface area (Å²) in [5.74, 6) is -0.898. The van der Waals surface area contributed by atoms with E-state index in [9.17, 15) is 18.0 Å². The second kappa shape index (κ2) is 7.40. The highest BCUT2D eigenvalue weighted by Gasteiger charge is 2.50. The van der Waals surface area contributed by atoms with Crippen LogP contribution in [-0.2, 0) is 19.6 Å². The highest BCUT2D eigenvalue weighted by Crippen LogP contribution is 2.52. The number of benzene rings is 1. The molecule has 1 amide bonds. The van der Waals surface area contributed by atoms with Gasteiger partial charge in [0.05, 0.1) is 10.5 Å². The average Bonchev–Trinajstić information content (AvgIpc) is 2.88. The Bertz CT molecular complexity index is 925. The zero-order chi connectivity index (χ0) is 21.6. The standard InChI is InChI=1S/C21H30N2O5S/c1-20(2)10-16-11-21(3,13-20)14-23(16)18(24)12-28-19(25)15-7-6-8-17(9-15)29(26,27)22(4)5/h6-9,16H,10-14H2,1-5H3/t16-,21-/m1/s1. The van der Waals surface area contributed by atoms with Gasteiger partial charge in [-0.2, -0.15) is 0 Å². The number of sulfonamides is 1. The van der Waals surface area contributed by atoms with Gasteiger partial charge in [0.2, 0.25) is 10.0 Å². The quantitative estimate of drug-likeness (QED) is 0.681. The lowest BCUT2D eigenvalue weighted by molar-refractivity contribution is -0.135. The maximum absolute atomic E-state index is 12.7. The first-order valence-corrected chi connectivity index (χ1v) is 11.3. The Balaban J connectivity index is 1.65. The summed E-state index contributed by atoms with van der Waals surface area (Å²) in [4.78, 5) is 27.0. The van der Waals surface area contributed by atoms with Crippen LogP contribution in [0, 0.1) is 10.8 Å². The predicted molar refractivity (Wildman–Crippen MR) is 109 cm³/mol. The molecule has 8 heteroatoms. The molecule has 29 heavy (non-hydrogen) atoms. The monoisotopic (exact) mass is 422 g/mol. The summed E-state index contributed by atoms with van der Waals surface area (Å²) in [5, 5.41) is 0. The van der Waals surface area contributed by atoms with Gasteiger partial charge in [-0.05, 0) is 48.3 Å². The van der Waals surface area contributed by atoms with Crippen LogP contribution in [0.5, 0.6) is 0 Å². The number of esters is 1. The van der Waals surface area contributed by atoms with E-state index in [4.69, 9.17) is 4.74 Å². The van der Waals surface area contributed by atoms with Crippen LogP contribution < -0.4 is 0 Å². The zero-order valence-corrected chi connectivity index (χ0v) is 18.6. The van der Waals surface area contributed by atoms with Crippen molar-refractivity contribution < 1.29 is 22.7 Å². The Kier molecular flexibility index (Phi) is 5.55.